The summed E-state index contributed by atoms with van der Waals surface area (Å²) >= 11 is 0. The van der Waals surface area contributed by atoms with E-state index >= 15 is 0 Å². The lowest BCUT2D eigenvalue weighted by Gasteiger charge is -2.34. The Labute approximate surface area is 257 Å². The van der Waals surface area contributed by atoms with Crippen LogP contribution in [0.15, 0.2) is 54.9 Å². The minimum atomic E-state index is -0.285. The fourth-order valence-corrected chi connectivity index (χ4v) is 6.28. The molecule has 2 aromatic carbocycles. The number of hydrogen-bond donors (Lipinski definition) is 6. The predicted molar refractivity (Wildman–Crippen MR) is 173 cm³/mol. The lowest BCUT2D eigenvalue weighted by atomic mass is 9.82. The van der Waals surface area contributed by atoms with Crippen LogP contribution in [-0.2, 0) is 4.79 Å². The van der Waals surface area contributed by atoms with Gasteiger partial charge in [0.1, 0.15) is 11.6 Å². The van der Waals surface area contributed by atoms with E-state index in [1.54, 1.807) is 12.3 Å². The summed E-state index contributed by atoms with van der Waals surface area (Å²) in [5.74, 6) is 0.844. The number of carbonyl (C=O) groups excluding carboxylic acids is 1. The Hall–Kier alpha value is -3.90. The fourth-order valence-electron chi connectivity index (χ4n) is 6.28. The van der Waals surface area contributed by atoms with Gasteiger partial charge in [0.25, 0.3) is 0 Å². The van der Waals surface area contributed by atoms with E-state index in [0.717, 1.165) is 83.8 Å². The Bertz CT molecular complexity index is 1610. The van der Waals surface area contributed by atoms with E-state index in [4.69, 9.17) is 4.98 Å². The molecule has 44 heavy (non-hydrogen) atoms. The summed E-state index contributed by atoms with van der Waals surface area (Å²) in [6.07, 6.45) is 6.80. The van der Waals surface area contributed by atoms with Crippen molar-refractivity contribution in [1.29, 1.82) is 0 Å². The van der Waals surface area contributed by atoms with Crippen molar-refractivity contribution in [2.75, 3.05) is 44.4 Å². The molecule has 2 aliphatic heterocycles. The van der Waals surface area contributed by atoms with Gasteiger partial charge in [-0.05, 0) is 68.4 Å². The van der Waals surface area contributed by atoms with Crippen LogP contribution in [0, 0.1) is 11.7 Å². The quantitative estimate of drug-likeness (QED) is 0.146. The number of benzene rings is 2. The maximum absolute atomic E-state index is 14.7. The molecule has 0 radical (unpaired) electrons. The summed E-state index contributed by atoms with van der Waals surface area (Å²) in [5, 5.41) is 9.98. The standard InChI is InChI=1S/C33H42FN9O/c1-4-5-9-30(44)38-24-14-21(17-35-18-24)28-16-26-29(19-37-28)41-42-32(26)33-39-27-8-6-7-25(31(27)40-33)20-12-22(34)15-23(13-20)36-10-11-43(2)3/h6-8,12-15,17-18,26,28-29,32,36-37,41-42H,4-5,9-11,16,19H2,1-3H3,(H,38,44)(H,39,40). The molecule has 4 aromatic rings. The van der Waals surface area contributed by atoms with Gasteiger partial charge in [0.05, 0.1) is 29.0 Å². The number of unbranched alkanes of at least 4 members (excludes halogenated alkanes) is 1. The summed E-state index contributed by atoms with van der Waals surface area (Å²) in [6.45, 7) is 4.43. The zero-order chi connectivity index (χ0) is 30.6. The van der Waals surface area contributed by atoms with Crippen LogP contribution in [0.4, 0.5) is 15.8 Å². The molecule has 0 saturated carbocycles. The number of fused-ring (bicyclic) bond motifs is 2. The highest BCUT2D eigenvalue weighted by Crippen LogP contribution is 2.39. The van der Waals surface area contributed by atoms with Gasteiger partial charge in [0.15, 0.2) is 0 Å². The number of anilines is 2. The molecule has 0 bridgehead atoms. The van der Waals surface area contributed by atoms with Crippen LogP contribution < -0.4 is 26.8 Å². The summed E-state index contributed by atoms with van der Waals surface area (Å²) in [5.41, 5.74) is 12.9. The number of aromatic amines is 1. The number of imidazole rings is 1. The molecule has 6 rings (SSSR count). The van der Waals surface area contributed by atoms with Gasteiger partial charge in [-0.15, -0.1) is 0 Å². The summed E-state index contributed by atoms with van der Waals surface area (Å²) in [6, 6.07) is 13.4. The van der Waals surface area contributed by atoms with Crippen LogP contribution >= 0.6 is 0 Å². The average Bonchev–Trinajstić information content (AvgIpc) is 3.63. The van der Waals surface area contributed by atoms with Crippen LogP contribution in [0.5, 0.6) is 0 Å². The number of likely N-dealkylation sites (N-methyl/N-ethyl adjacent to an activating group) is 1. The topological polar surface area (TPSA) is 122 Å². The van der Waals surface area contributed by atoms with Gasteiger partial charge >= 0.3 is 0 Å². The minimum absolute atomic E-state index is 0.0195. The highest BCUT2D eigenvalue weighted by molar-refractivity contribution is 5.93. The lowest BCUT2D eigenvalue weighted by molar-refractivity contribution is -0.116. The van der Waals surface area contributed by atoms with Crippen molar-refractivity contribution in [1.82, 2.24) is 36.0 Å². The van der Waals surface area contributed by atoms with E-state index in [1.165, 1.54) is 6.07 Å². The van der Waals surface area contributed by atoms with Crippen LogP contribution in [0.3, 0.4) is 0 Å². The first-order chi connectivity index (χ1) is 21.4. The number of para-hydroxylation sites is 1. The highest BCUT2D eigenvalue weighted by atomic mass is 19.1. The second-order valence-corrected chi connectivity index (χ2v) is 12.2. The number of nitrogens with one attached hydrogen (secondary N) is 6. The first-order valence-electron chi connectivity index (χ1n) is 15.6. The van der Waals surface area contributed by atoms with Gasteiger partial charge < -0.3 is 25.8 Å². The molecule has 10 nitrogen and oxygen atoms in total. The normalized spacial score (nSPS) is 21.5. The second-order valence-electron chi connectivity index (χ2n) is 12.2. The van der Waals surface area contributed by atoms with E-state index in [1.807, 2.05) is 50.6 Å². The summed E-state index contributed by atoms with van der Waals surface area (Å²) < 4.78 is 14.7. The molecular weight excluding hydrogens is 557 g/mol. The minimum Gasteiger partial charge on any atom is -0.384 e. The van der Waals surface area contributed by atoms with Crippen molar-refractivity contribution in [2.24, 2.45) is 5.92 Å². The number of hydrogen-bond acceptors (Lipinski definition) is 8. The summed E-state index contributed by atoms with van der Waals surface area (Å²) in [4.78, 5) is 27.4. The van der Waals surface area contributed by atoms with Crippen molar-refractivity contribution >= 4 is 28.3 Å². The number of aromatic nitrogens is 3. The number of rotatable bonds is 11. The predicted octanol–water partition coefficient (Wildman–Crippen LogP) is 4.73. The SMILES string of the molecule is CCCCC(=O)Nc1cncc(C2CC3C(CN2)NNC3c2nc3c(-c4cc(F)cc(NCCN(C)C)c4)cccc3[nH]2)c1. The van der Waals surface area contributed by atoms with Gasteiger partial charge in [-0.25, -0.2) is 14.8 Å². The molecule has 0 aliphatic carbocycles. The van der Waals surface area contributed by atoms with Crippen LogP contribution in [-0.4, -0.2) is 65.5 Å². The zero-order valence-electron chi connectivity index (χ0n) is 25.6. The van der Waals surface area contributed by atoms with E-state index in [-0.39, 0.29) is 35.8 Å². The molecule has 11 heteroatoms. The van der Waals surface area contributed by atoms with Crippen molar-refractivity contribution in [3.05, 3.63) is 72.1 Å². The molecule has 1 amide bonds. The number of hydrazine groups is 1. The van der Waals surface area contributed by atoms with E-state index < -0.39 is 0 Å². The molecule has 2 aliphatic rings. The average molecular weight is 600 g/mol. The van der Waals surface area contributed by atoms with Gasteiger partial charge in [0.2, 0.25) is 5.91 Å². The highest BCUT2D eigenvalue weighted by Gasteiger charge is 2.42. The molecule has 232 valence electrons. The third kappa shape index (κ3) is 6.76. The Balaban J connectivity index is 1.21. The van der Waals surface area contributed by atoms with E-state index in [2.05, 4.69) is 48.6 Å². The number of halogens is 1. The number of H-pyrrole nitrogens is 1. The number of pyridine rings is 1. The molecule has 2 aromatic heterocycles. The molecule has 0 spiro atoms. The van der Waals surface area contributed by atoms with Crippen molar-refractivity contribution in [2.45, 2.75) is 50.7 Å². The van der Waals surface area contributed by atoms with E-state index in [9.17, 15) is 9.18 Å². The molecule has 2 saturated heterocycles. The summed E-state index contributed by atoms with van der Waals surface area (Å²) in [7, 11) is 4.03. The van der Waals surface area contributed by atoms with Crippen LogP contribution in [0.1, 0.15) is 56.1 Å². The van der Waals surface area contributed by atoms with Crippen LogP contribution in [0.25, 0.3) is 22.2 Å². The third-order valence-electron chi connectivity index (χ3n) is 8.59. The van der Waals surface area contributed by atoms with Gasteiger partial charge in [0, 0.05) is 61.5 Å². The molecule has 4 heterocycles. The first kappa shape index (κ1) is 30.1. The number of piperidine rings is 1. The fraction of sp³-hybridized carbons (Fsp3) is 0.424. The van der Waals surface area contributed by atoms with Crippen molar-refractivity contribution < 1.29 is 9.18 Å². The van der Waals surface area contributed by atoms with Gasteiger partial charge in [-0.1, -0.05) is 25.5 Å². The number of amides is 1. The lowest BCUT2D eigenvalue weighted by Crippen LogP contribution is -2.46. The molecular formula is C33H42FN9O. The molecule has 6 N–H and O–H groups in total. The molecule has 2 fully saturated rings. The van der Waals surface area contributed by atoms with Crippen molar-refractivity contribution in [3.8, 4) is 11.1 Å². The van der Waals surface area contributed by atoms with Gasteiger partial charge in [-0.3, -0.25) is 15.2 Å². The van der Waals surface area contributed by atoms with E-state index in [0.29, 0.717) is 6.42 Å². The maximum Gasteiger partial charge on any atom is 0.224 e. The Morgan fingerprint density at radius 1 is 1.11 bits per heavy atom. The third-order valence-corrected chi connectivity index (χ3v) is 8.59. The van der Waals surface area contributed by atoms with Gasteiger partial charge in [-0.2, -0.15) is 0 Å². The Morgan fingerprint density at radius 2 is 2.00 bits per heavy atom. The largest absolute Gasteiger partial charge is 0.384 e. The molecule has 4 atom stereocenters. The smallest absolute Gasteiger partial charge is 0.224 e. The monoisotopic (exact) mass is 599 g/mol. The van der Waals surface area contributed by atoms with Crippen molar-refractivity contribution in [3.63, 3.8) is 0 Å². The Morgan fingerprint density at radius 3 is 2.84 bits per heavy atom. The Kier molecular flexibility index (Phi) is 9.17. The first-order valence-corrected chi connectivity index (χ1v) is 15.6. The molecule has 4 unspecified atom stereocenters. The zero-order valence-corrected chi connectivity index (χ0v) is 25.6. The van der Waals surface area contributed by atoms with Crippen LogP contribution in [0.2, 0.25) is 0 Å². The number of carbonyl (C=O) groups is 1. The second kappa shape index (κ2) is 13.4. The maximum atomic E-state index is 14.7. The number of nitrogens with zero attached hydrogens (tertiary/aromatic N) is 3.